The third-order valence-corrected chi connectivity index (χ3v) is 2.19. The van der Waals surface area contributed by atoms with Gasteiger partial charge in [0.2, 0.25) is 0 Å². The van der Waals surface area contributed by atoms with Crippen molar-refractivity contribution in [3.05, 3.63) is 29.8 Å². The zero-order valence-corrected chi connectivity index (χ0v) is 10.0. The fourth-order valence-electron chi connectivity index (χ4n) is 0.710. The van der Waals surface area contributed by atoms with Gasteiger partial charge in [0.25, 0.3) is 10.1 Å². The Morgan fingerprint density at radius 3 is 1.79 bits per heavy atom. The fourth-order valence-corrected chi connectivity index (χ4v) is 1.19. The normalized spacial score (nSPS) is 10.3. The molecule has 5 heteroatoms. The smallest absolute Gasteiger partial charge is 0.282 e. The summed E-state index contributed by atoms with van der Waals surface area (Å²) < 4.78 is 29.6. The van der Waals surface area contributed by atoms with E-state index in [2.05, 4.69) is 0 Å². The Kier molecular flexibility index (Phi) is 5.83. The van der Waals surface area contributed by atoms with Crippen LogP contribution in [0.2, 0.25) is 0 Å². The van der Waals surface area contributed by atoms with Gasteiger partial charge >= 0.3 is 0 Å². The number of hydrogen-bond donors (Lipinski definition) is 1. The van der Waals surface area contributed by atoms with Crippen LogP contribution in [-0.2, 0) is 10.1 Å². The van der Waals surface area contributed by atoms with Crippen molar-refractivity contribution in [1.82, 2.24) is 0 Å². The minimum Gasteiger partial charge on any atom is -0.282 e. The van der Waals surface area contributed by atoms with Crippen LogP contribution in [0.3, 0.4) is 0 Å². The van der Waals surface area contributed by atoms with Gasteiger partial charge in [-0.2, -0.15) is 20.2 Å². The highest BCUT2D eigenvalue weighted by atomic mass is 32.2. The second-order valence-corrected chi connectivity index (χ2v) is 4.93. The lowest BCUT2D eigenvalue weighted by Gasteiger charge is -1.95. The average molecular weight is 234 g/mol. The van der Waals surface area contributed by atoms with Gasteiger partial charge < -0.3 is 0 Å². The molecule has 0 spiro atoms. The lowest BCUT2D eigenvalue weighted by atomic mass is 10.2. The van der Waals surface area contributed by atoms with Crippen molar-refractivity contribution in [2.24, 2.45) is 0 Å². The van der Waals surface area contributed by atoms with Gasteiger partial charge in [-0.3, -0.25) is 4.55 Å². The zero-order chi connectivity index (χ0) is 11.2. The maximum absolute atomic E-state index is 10.5. The zero-order valence-electron chi connectivity index (χ0n) is 8.39. The maximum atomic E-state index is 10.5. The molecule has 0 aliphatic heterocycles. The summed E-state index contributed by atoms with van der Waals surface area (Å²) in [5.41, 5.74) is 0.956. The third kappa shape index (κ3) is 5.26. The second kappa shape index (κ2) is 6.06. The van der Waals surface area contributed by atoms with E-state index in [1.54, 1.807) is 23.9 Å². The van der Waals surface area contributed by atoms with E-state index in [1.165, 1.54) is 12.1 Å². The van der Waals surface area contributed by atoms with Crippen molar-refractivity contribution >= 4 is 21.9 Å². The maximum Gasteiger partial charge on any atom is 0.294 e. The van der Waals surface area contributed by atoms with Crippen LogP contribution in [-0.4, -0.2) is 25.5 Å². The van der Waals surface area contributed by atoms with E-state index in [9.17, 15) is 8.42 Å². The predicted molar refractivity (Wildman–Crippen MR) is 60.4 cm³/mol. The van der Waals surface area contributed by atoms with Gasteiger partial charge in [-0.05, 0) is 31.6 Å². The lowest BCUT2D eigenvalue weighted by molar-refractivity contribution is 0.483. The Hall–Kier alpha value is -0.520. The predicted octanol–water partition coefficient (Wildman–Crippen LogP) is 2.22. The molecule has 0 bridgehead atoms. The van der Waals surface area contributed by atoms with Crippen LogP contribution in [0.4, 0.5) is 0 Å². The van der Waals surface area contributed by atoms with Gasteiger partial charge in [-0.15, -0.1) is 0 Å². The molecule has 0 aliphatic rings. The summed E-state index contributed by atoms with van der Waals surface area (Å²) in [4.78, 5) is -0.0666. The number of benzene rings is 1. The molecule has 0 heterocycles. The van der Waals surface area contributed by atoms with Gasteiger partial charge in [0.1, 0.15) is 0 Å². The Labute approximate surface area is 89.3 Å². The summed E-state index contributed by atoms with van der Waals surface area (Å²) in [6.07, 6.45) is 4.08. The van der Waals surface area contributed by atoms with Crippen LogP contribution < -0.4 is 0 Å². The van der Waals surface area contributed by atoms with Gasteiger partial charge in [-0.1, -0.05) is 17.7 Å². The number of hydrogen-bond acceptors (Lipinski definition) is 3. The molecule has 0 amide bonds. The van der Waals surface area contributed by atoms with E-state index in [0.29, 0.717) is 0 Å². The van der Waals surface area contributed by atoms with Crippen LogP contribution in [0.5, 0.6) is 0 Å². The molecular formula is C9H14O3S2. The first-order valence-corrected chi connectivity index (χ1v) is 6.93. The van der Waals surface area contributed by atoms with Gasteiger partial charge in [0, 0.05) is 0 Å². The molecule has 1 aromatic carbocycles. The molecule has 1 rings (SSSR count). The summed E-state index contributed by atoms with van der Waals surface area (Å²) in [6, 6.07) is 5.99. The molecule has 0 unspecified atom stereocenters. The highest BCUT2D eigenvalue weighted by Gasteiger charge is 2.06. The molecule has 0 aromatic heterocycles. The molecule has 0 atom stereocenters. The van der Waals surface area contributed by atoms with Crippen molar-refractivity contribution in [3.63, 3.8) is 0 Å². The van der Waals surface area contributed by atoms with E-state index >= 15 is 0 Å². The van der Waals surface area contributed by atoms with E-state index < -0.39 is 10.1 Å². The van der Waals surface area contributed by atoms with Crippen LogP contribution >= 0.6 is 11.8 Å². The van der Waals surface area contributed by atoms with Crippen LogP contribution in [0, 0.1) is 6.92 Å². The van der Waals surface area contributed by atoms with E-state index in [4.69, 9.17) is 4.55 Å². The molecule has 3 nitrogen and oxygen atoms in total. The van der Waals surface area contributed by atoms with Gasteiger partial charge in [0.15, 0.2) is 0 Å². The van der Waals surface area contributed by atoms with Gasteiger partial charge in [-0.25, -0.2) is 0 Å². The minimum absolute atomic E-state index is 0.0666. The molecule has 1 N–H and O–H groups in total. The van der Waals surface area contributed by atoms with Crippen LogP contribution in [0.25, 0.3) is 0 Å². The Morgan fingerprint density at radius 2 is 1.50 bits per heavy atom. The first-order valence-electron chi connectivity index (χ1n) is 3.86. The SMILES string of the molecule is CSC.Cc1ccc(S(=O)(=O)O)cc1. The largest absolute Gasteiger partial charge is 0.294 e. The highest BCUT2D eigenvalue weighted by molar-refractivity contribution is 7.97. The Morgan fingerprint density at radius 1 is 1.14 bits per heavy atom. The monoisotopic (exact) mass is 234 g/mol. The third-order valence-electron chi connectivity index (χ3n) is 1.32. The fraction of sp³-hybridized carbons (Fsp3) is 0.333. The van der Waals surface area contributed by atoms with Crippen LogP contribution in [0.1, 0.15) is 5.56 Å². The molecule has 0 fully saturated rings. The van der Waals surface area contributed by atoms with Crippen molar-refractivity contribution < 1.29 is 13.0 Å². The summed E-state index contributed by atoms with van der Waals surface area (Å²) >= 11 is 1.75. The number of thioether (sulfide) groups is 1. The standard InChI is InChI=1S/C7H8O3S.C2H6S/c1-6-2-4-7(5-3-6)11(8,9)10;1-3-2/h2-5H,1H3,(H,8,9,10);1-2H3. The van der Waals surface area contributed by atoms with Crippen molar-refractivity contribution in [1.29, 1.82) is 0 Å². The van der Waals surface area contributed by atoms with E-state index in [0.717, 1.165) is 5.56 Å². The van der Waals surface area contributed by atoms with Crippen molar-refractivity contribution in [2.45, 2.75) is 11.8 Å². The Bertz CT molecular complexity index is 354. The quantitative estimate of drug-likeness (QED) is 0.757. The summed E-state index contributed by atoms with van der Waals surface area (Å²) in [7, 11) is -4.02. The van der Waals surface area contributed by atoms with Gasteiger partial charge in [0.05, 0.1) is 4.90 Å². The van der Waals surface area contributed by atoms with E-state index in [-0.39, 0.29) is 4.90 Å². The summed E-state index contributed by atoms with van der Waals surface area (Å²) in [6.45, 7) is 1.84. The minimum atomic E-state index is -4.02. The van der Waals surface area contributed by atoms with Crippen molar-refractivity contribution in [2.75, 3.05) is 12.5 Å². The molecule has 0 aliphatic carbocycles. The molecule has 1 aromatic rings. The molecule has 0 saturated heterocycles. The number of rotatable bonds is 1. The van der Waals surface area contributed by atoms with Crippen molar-refractivity contribution in [3.8, 4) is 0 Å². The molecular weight excluding hydrogens is 220 g/mol. The first-order chi connectivity index (χ1) is 6.41. The topological polar surface area (TPSA) is 54.4 Å². The molecule has 14 heavy (non-hydrogen) atoms. The highest BCUT2D eigenvalue weighted by Crippen LogP contribution is 2.08. The average Bonchev–Trinajstić information content (AvgIpc) is 2.04. The second-order valence-electron chi connectivity index (χ2n) is 2.70. The first kappa shape index (κ1) is 13.5. The molecule has 80 valence electrons. The summed E-state index contributed by atoms with van der Waals surface area (Å²) in [5, 5.41) is 0. The molecule has 0 radical (unpaired) electrons. The summed E-state index contributed by atoms with van der Waals surface area (Å²) in [5.74, 6) is 0. The van der Waals surface area contributed by atoms with Crippen LogP contribution in [0.15, 0.2) is 29.2 Å². The lowest BCUT2D eigenvalue weighted by Crippen LogP contribution is -1.96. The van der Waals surface area contributed by atoms with E-state index in [1.807, 2.05) is 19.4 Å². The molecule has 0 saturated carbocycles. The Balaban J connectivity index is 0.000000500. The number of aryl methyl sites for hydroxylation is 1.